The van der Waals surface area contributed by atoms with Gasteiger partial charge in [-0.25, -0.2) is 9.67 Å². The highest BCUT2D eigenvalue weighted by Crippen LogP contribution is 2.09. The van der Waals surface area contributed by atoms with E-state index in [4.69, 9.17) is 0 Å². The van der Waals surface area contributed by atoms with Gasteiger partial charge >= 0.3 is 0 Å². The van der Waals surface area contributed by atoms with Gasteiger partial charge in [0.2, 0.25) is 0 Å². The van der Waals surface area contributed by atoms with Crippen LogP contribution >= 0.6 is 0 Å². The molecule has 1 atom stereocenters. The molecule has 0 amide bonds. The zero-order chi connectivity index (χ0) is 14.4. The number of hydrogen-bond acceptors (Lipinski definition) is 3. The standard InChI is InChI=1S/C16H23N3O/c1-13(2)11-19-16(17-12-18-19)10-15(20)9-8-14-6-4-3-5-7-14/h3-7,12-13,15,20H,8-11H2,1-2H3. The molecular weight excluding hydrogens is 250 g/mol. The fraction of sp³-hybridized carbons (Fsp3) is 0.500. The molecular formula is C16H23N3O. The highest BCUT2D eigenvalue weighted by atomic mass is 16.3. The molecule has 108 valence electrons. The number of aliphatic hydroxyl groups excluding tert-OH is 1. The summed E-state index contributed by atoms with van der Waals surface area (Å²) in [6, 6.07) is 10.2. The SMILES string of the molecule is CC(C)Cn1ncnc1CC(O)CCc1ccccc1. The second-order valence-corrected chi connectivity index (χ2v) is 5.63. The van der Waals surface area contributed by atoms with E-state index in [-0.39, 0.29) is 6.10 Å². The minimum absolute atomic E-state index is 0.370. The van der Waals surface area contributed by atoms with Crippen LogP contribution in [-0.2, 0) is 19.4 Å². The van der Waals surface area contributed by atoms with Crippen LogP contribution in [0.15, 0.2) is 36.7 Å². The van der Waals surface area contributed by atoms with Crippen molar-refractivity contribution in [3.05, 3.63) is 48.0 Å². The number of hydrogen-bond donors (Lipinski definition) is 1. The van der Waals surface area contributed by atoms with Crippen molar-refractivity contribution in [2.24, 2.45) is 5.92 Å². The van der Waals surface area contributed by atoms with E-state index in [2.05, 4.69) is 36.1 Å². The Morgan fingerprint density at radius 1 is 1.20 bits per heavy atom. The molecule has 20 heavy (non-hydrogen) atoms. The zero-order valence-electron chi connectivity index (χ0n) is 12.2. The van der Waals surface area contributed by atoms with Crippen molar-refractivity contribution < 1.29 is 5.11 Å². The lowest BCUT2D eigenvalue weighted by atomic mass is 10.0. The molecule has 1 unspecified atom stereocenters. The van der Waals surface area contributed by atoms with Gasteiger partial charge in [0.25, 0.3) is 0 Å². The van der Waals surface area contributed by atoms with E-state index >= 15 is 0 Å². The van der Waals surface area contributed by atoms with E-state index in [9.17, 15) is 5.11 Å². The Hall–Kier alpha value is -1.68. The van der Waals surface area contributed by atoms with E-state index in [0.29, 0.717) is 12.3 Å². The maximum absolute atomic E-state index is 10.2. The topological polar surface area (TPSA) is 50.9 Å². The Morgan fingerprint density at radius 2 is 1.95 bits per heavy atom. The van der Waals surface area contributed by atoms with Crippen LogP contribution < -0.4 is 0 Å². The fourth-order valence-electron chi connectivity index (χ4n) is 2.24. The van der Waals surface area contributed by atoms with Crippen molar-refractivity contribution in [2.45, 2.75) is 45.8 Å². The monoisotopic (exact) mass is 273 g/mol. The summed E-state index contributed by atoms with van der Waals surface area (Å²) in [6.45, 7) is 5.15. The van der Waals surface area contributed by atoms with Crippen LogP contribution in [0.25, 0.3) is 0 Å². The predicted octanol–water partition coefficient (Wildman–Crippen LogP) is 2.47. The quantitative estimate of drug-likeness (QED) is 0.843. The van der Waals surface area contributed by atoms with Gasteiger partial charge in [0.05, 0.1) is 6.10 Å². The van der Waals surface area contributed by atoms with Crippen LogP contribution in [0.1, 0.15) is 31.7 Å². The second kappa shape index (κ2) is 7.20. The second-order valence-electron chi connectivity index (χ2n) is 5.63. The van der Waals surface area contributed by atoms with Crippen LogP contribution in [0.2, 0.25) is 0 Å². The highest BCUT2D eigenvalue weighted by Gasteiger charge is 2.12. The number of rotatable bonds is 7. The lowest BCUT2D eigenvalue weighted by molar-refractivity contribution is 0.160. The molecule has 0 aliphatic rings. The number of benzene rings is 1. The molecule has 0 saturated carbocycles. The van der Waals surface area contributed by atoms with Crippen molar-refractivity contribution in [1.82, 2.24) is 14.8 Å². The lowest BCUT2D eigenvalue weighted by Gasteiger charge is -2.12. The van der Waals surface area contributed by atoms with Gasteiger partial charge in [0.1, 0.15) is 12.2 Å². The summed E-state index contributed by atoms with van der Waals surface area (Å²) >= 11 is 0. The molecule has 1 aromatic carbocycles. The van der Waals surface area contributed by atoms with Gasteiger partial charge in [0, 0.05) is 13.0 Å². The third-order valence-corrected chi connectivity index (χ3v) is 3.26. The highest BCUT2D eigenvalue weighted by molar-refractivity contribution is 5.14. The first-order chi connectivity index (χ1) is 9.65. The molecule has 1 heterocycles. The van der Waals surface area contributed by atoms with Gasteiger partial charge in [-0.2, -0.15) is 5.10 Å². The van der Waals surface area contributed by atoms with Gasteiger partial charge in [0.15, 0.2) is 0 Å². The average molecular weight is 273 g/mol. The summed E-state index contributed by atoms with van der Waals surface area (Å²) in [5.41, 5.74) is 1.26. The molecule has 0 aliphatic heterocycles. The number of nitrogens with zero attached hydrogens (tertiary/aromatic N) is 3. The van der Waals surface area contributed by atoms with Crippen LogP contribution in [0.4, 0.5) is 0 Å². The molecule has 0 saturated heterocycles. The smallest absolute Gasteiger partial charge is 0.138 e. The summed E-state index contributed by atoms with van der Waals surface area (Å²) in [6.07, 6.45) is 3.41. The third kappa shape index (κ3) is 4.46. The van der Waals surface area contributed by atoms with Gasteiger partial charge in [-0.05, 0) is 24.3 Å². The molecule has 1 aromatic heterocycles. The van der Waals surface area contributed by atoms with Gasteiger partial charge in [-0.1, -0.05) is 44.2 Å². The summed E-state index contributed by atoms with van der Waals surface area (Å²) in [4.78, 5) is 4.26. The summed E-state index contributed by atoms with van der Waals surface area (Å²) < 4.78 is 1.90. The molecule has 1 N–H and O–H groups in total. The van der Waals surface area contributed by atoms with Gasteiger partial charge in [-0.15, -0.1) is 0 Å². The van der Waals surface area contributed by atoms with E-state index < -0.39 is 0 Å². The minimum atomic E-state index is -0.370. The lowest BCUT2D eigenvalue weighted by Crippen LogP contribution is -2.18. The molecule has 2 rings (SSSR count). The molecule has 2 aromatic rings. The minimum Gasteiger partial charge on any atom is -0.393 e. The Balaban J connectivity index is 1.85. The normalized spacial score (nSPS) is 12.8. The Kier molecular flexibility index (Phi) is 5.30. The fourth-order valence-corrected chi connectivity index (χ4v) is 2.24. The Bertz CT molecular complexity index is 507. The van der Waals surface area contributed by atoms with Gasteiger partial charge in [-0.3, -0.25) is 0 Å². The van der Waals surface area contributed by atoms with Crippen molar-refractivity contribution in [2.75, 3.05) is 0 Å². The van der Waals surface area contributed by atoms with Crippen LogP contribution in [0, 0.1) is 5.92 Å². The molecule has 4 nitrogen and oxygen atoms in total. The molecule has 0 bridgehead atoms. The number of aryl methyl sites for hydroxylation is 1. The first-order valence-corrected chi connectivity index (χ1v) is 7.24. The molecule has 0 radical (unpaired) electrons. The molecule has 0 spiro atoms. The molecule has 0 fully saturated rings. The van der Waals surface area contributed by atoms with E-state index in [0.717, 1.165) is 25.2 Å². The van der Waals surface area contributed by atoms with Crippen LogP contribution in [0.5, 0.6) is 0 Å². The maximum Gasteiger partial charge on any atom is 0.138 e. The van der Waals surface area contributed by atoms with Gasteiger partial charge < -0.3 is 5.11 Å². The first kappa shape index (κ1) is 14.7. The Labute approximate surface area is 120 Å². The predicted molar refractivity (Wildman–Crippen MR) is 79.3 cm³/mol. The summed E-state index contributed by atoms with van der Waals surface area (Å²) in [5, 5.41) is 14.4. The number of aliphatic hydroxyl groups is 1. The molecule has 4 heteroatoms. The summed E-state index contributed by atoms with van der Waals surface area (Å²) in [5.74, 6) is 1.40. The van der Waals surface area contributed by atoms with Crippen molar-refractivity contribution in [3.8, 4) is 0 Å². The van der Waals surface area contributed by atoms with Crippen LogP contribution in [-0.4, -0.2) is 26.0 Å². The number of aromatic nitrogens is 3. The van der Waals surface area contributed by atoms with Crippen molar-refractivity contribution >= 4 is 0 Å². The molecule has 0 aliphatic carbocycles. The first-order valence-electron chi connectivity index (χ1n) is 7.24. The van der Waals surface area contributed by atoms with E-state index in [1.165, 1.54) is 5.56 Å². The Morgan fingerprint density at radius 3 is 2.65 bits per heavy atom. The summed E-state index contributed by atoms with van der Waals surface area (Å²) in [7, 11) is 0. The largest absolute Gasteiger partial charge is 0.393 e. The van der Waals surface area contributed by atoms with Crippen molar-refractivity contribution in [1.29, 1.82) is 0 Å². The third-order valence-electron chi connectivity index (χ3n) is 3.26. The van der Waals surface area contributed by atoms with E-state index in [1.807, 2.05) is 22.9 Å². The maximum atomic E-state index is 10.2. The van der Waals surface area contributed by atoms with E-state index in [1.54, 1.807) is 6.33 Å². The van der Waals surface area contributed by atoms with Crippen LogP contribution in [0.3, 0.4) is 0 Å². The van der Waals surface area contributed by atoms with Crippen molar-refractivity contribution in [3.63, 3.8) is 0 Å². The average Bonchev–Trinajstić information content (AvgIpc) is 2.84. The zero-order valence-corrected chi connectivity index (χ0v) is 12.2.